The van der Waals surface area contributed by atoms with Crippen LogP contribution in [0.3, 0.4) is 0 Å². The zero-order chi connectivity index (χ0) is 14.9. The maximum atomic E-state index is 12.4. The van der Waals surface area contributed by atoms with E-state index in [1.54, 1.807) is 13.0 Å². The molecular formula is C12H17N3O2S3. The lowest BCUT2D eigenvalue weighted by molar-refractivity contribution is 0.601. The Morgan fingerprint density at radius 3 is 2.50 bits per heavy atom. The molecule has 0 bridgehead atoms. The van der Waals surface area contributed by atoms with Crippen molar-refractivity contribution in [3.8, 4) is 0 Å². The van der Waals surface area contributed by atoms with Gasteiger partial charge < -0.3 is 5.73 Å². The topological polar surface area (TPSA) is 85.1 Å². The predicted octanol–water partition coefficient (Wildman–Crippen LogP) is 2.64. The molecule has 0 spiro atoms. The van der Waals surface area contributed by atoms with Gasteiger partial charge in [0.05, 0.1) is 5.69 Å². The van der Waals surface area contributed by atoms with Crippen molar-refractivity contribution in [3.63, 3.8) is 0 Å². The number of nitrogens with one attached hydrogen (secondary N) is 1. The second-order valence-electron chi connectivity index (χ2n) is 4.32. The molecule has 0 amide bonds. The Kier molecular flexibility index (Phi) is 4.48. The number of aromatic nitrogens is 1. The summed E-state index contributed by atoms with van der Waals surface area (Å²) in [6.07, 6.45) is 0.791. The van der Waals surface area contributed by atoms with Crippen molar-refractivity contribution < 1.29 is 8.42 Å². The first-order valence-corrected chi connectivity index (χ1v) is 9.27. The van der Waals surface area contributed by atoms with Crippen LogP contribution in [0.25, 0.3) is 0 Å². The van der Waals surface area contributed by atoms with Gasteiger partial charge in [0.15, 0.2) is 5.13 Å². The molecule has 0 atom stereocenters. The SMILES string of the molecule is CCc1nc(NS(=O)(=O)c2cc(CN)sc2C)sc1C. The molecule has 2 aromatic heterocycles. The number of sulfonamides is 1. The van der Waals surface area contributed by atoms with E-state index < -0.39 is 10.0 Å². The first kappa shape index (κ1) is 15.4. The fourth-order valence-corrected chi connectivity index (χ4v) is 5.51. The molecule has 0 saturated heterocycles. The molecule has 0 fully saturated rings. The van der Waals surface area contributed by atoms with Crippen molar-refractivity contribution in [1.29, 1.82) is 0 Å². The van der Waals surface area contributed by atoms with Crippen LogP contribution in [0.15, 0.2) is 11.0 Å². The molecule has 0 saturated carbocycles. The van der Waals surface area contributed by atoms with E-state index in [2.05, 4.69) is 9.71 Å². The standard InChI is InChI=1S/C12H17N3O2S3/c1-4-10-7(2)19-12(14-10)15-20(16,17)11-5-9(6-13)18-8(11)3/h5H,4,6,13H2,1-3H3,(H,14,15). The molecule has 0 radical (unpaired) electrons. The van der Waals surface area contributed by atoms with Crippen LogP contribution in [-0.4, -0.2) is 13.4 Å². The van der Waals surface area contributed by atoms with Gasteiger partial charge in [0.1, 0.15) is 4.90 Å². The summed E-state index contributed by atoms with van der Waals surface area (Å²) in [7, 11) is -3.59. The molecule has 0 aliphatic carbocycles. The maximum absolute atomic E-state index is 12.4. The van der Waals surface area contributed by atoms with E-state index >= 15 is 0 Å². The third-order valence-corrected chi connectivity index (χ3v) is 6.59. The molecule has 2 aromatic rings. The monoisotopic (exact) mass is 331 g/mol. The number of thiazole rings is 1. The van der Waals surface area contributed by atoms with Gasteiger partial charge in [0.2, 0.25) is 0 Å². The van der Waals surface area contributed by atoms with E-state index in [0.29, 0.717) is 11.7 Å². The van der Waals surface area contributed by atoms with Crippen molar-refractivity contribution in [2.75, 3.05) is 4.72 Å². The average molecular weight is 331 g/mol. The highest BCUT2D eigenvalue weighted by molar-refractivity contribution is 7.93. The summed E-state index contributed by atoms with van der Waals surface area (Å²) in [6, 6.07) is 1.63. The smallest absolute Gasteiger partial charge is 0.264 e. The molecule has 5 nitrogen and oxygen atoms in total. The number of rotatable bonds is 5. The van der Waals surface area contributed by atoms with Gasteiger partial charge in [-0.05, 0) is 26.3 Å². The van der Waals surface area contributed by atoms with Crippen molar-refractivity contribution in [2.24, 2.45) is 5.73 Å². The summed E-state index contributed by atoms with van der Waals surface area (Å²) in [6.45, 7) is 6.06. The van der Waals surface area contributed by atoms with Crippen molar-refractivity contribution in [3.05, 3.63) is 26.4 Å². The van der Waals surface area contributed by atoms with Gasteiger partial charge in [-0.1, -0.05) is 6.92 Å². The number of thiophene rings is 1. The van der Waals surface area contributed by atoms with Crippen LogP contribution in [0.2, 0.25) is 0 Å². The van der Waals surface area contributed by atoms with E-state index in [0.717, 1.165) is 26.7 Å². The molecule has 3 N–H and O–H groups in total. The van der Waals surface area contributed by atoms with Crippen LogP contribution in [0.5, 0.6) is 0 Å². The minimum Gasteiger partial charge on any atom is -0.326 e. The van der Waals surface area contributed by atoms with Crippen LogP contribution in [0.4, 0.5) is 5.13 Å². The molecule has 8 heteroatoms. The normalized spacial score (nSPS) is 11.8. The number of hydrogen-bond donors (Lipinski definition) is 2. The summed E-state index contributed by atoms with van der Waals surface area (Å²) < 4.78 is 27.3. The minimum atomic E-state index is -3.59. The Morgan fingerprint density at radius 2 is 2.00 bits per heavy atom. The summed E-state index contributed by atoms with van der Waals surface area (Å²) in [5.41, 5.74) is 6.48. The molecule has 20 heavy (non-hydrogen) atoms. The predicted molar refractivity (Wildman–Crippen MR) is 84.0 cm³/mol. The first-order valence-electron chi connectivity index (χ1n) is 6.16. The summed E-state index contributed by atoms with van der Waals surface area (Å²) >= 11 is 2.76. The molecule has 110 valence electrons. The molecule has 2 heterocycles. The van der Waals surface area contributed by atoms with Gasteiger partial charge in [-0.25, -0.2) is 13.4 Å². The van der Waals surface area contributed by atoms with Gasteiger partial charge >= 0.3 is 0 Å². The van der Waals surface area contributed by atoms with Crippen LogP contribution < -0.4 is 10.5 Å². The lowest BCUT2D eigenvalue weighted by Gasteiger charge is -2.03. The van der Waals surface area contributed by atoms with Crippen LogP contribution in [0.1, 0.15) is 27.2 Å². The Hall–Kier alpha value is -0.960. The lowest BCUT2D eigenvalue weighted by Crippen LogP contribution is -2.13. The highest BCUT2D eigenvalue weighted by Crippen LogP contribution is 2.29. The number of hydrogen-bond acceptors (Lipinski definition) is 6. The molecule has 0 unspecified atom stereocenters. The fraction of sp³-hybridized carbons (Fsp3) is 0.417. The van der Waals surface area contributed by atoms with Gasteiger partial charge in [-0.15, -0.1) is 22.7 Å². The van der Waals surface area contributed by atoms with Gasteiger partial charge in [0.25, 0.3) is 10.0 Å². The fourth-order valence-electron chi connectivity index (χ4n) is 1.86. The summed E-state index contributed by atoms with van der Waals surface area (Å²) in [4.78, 5) is 7.22. The van der Waals surface area contributed by atoms with Gasteiger partial charge in [-0.3, -0.25) is 4.72 Å². The van der Waals surface area contributed by atoms with Crippen molar-refractivity contribution in [1.82, 2.24) is 4.98 Å². The molecule has 2 rings (SSSR count). The van der Waals surface area contributed by atoms with Crippen molar-refractivity contribution in [2.45, 2.75) is 38.6 Å². The third-order valence-electron chi connectivity index (χ3n) is 2.86. The van der Waals surface area contributed by atoms with Crippen LogP contribution >= 0.6 is 22.7 Å². The van der Waals surface area contributed by atoms with E-state index in [1.807, 2.05) is 13.8 Å². The van der Waals surface area contributed by atoms with Crippen LogP contribution in [-0.2, 0) is 23.0 Å². The Morgan fingerprint density at radius 1 is 1.30 bits per heavy atom. The van der Waals surface area contributed by atoms with E-state index in [4.69, 9.17) is 5.73 Å². The Bertz CT molecular complexity index is 716. The Balaban J connectivity index is 2.32. The zero-order valence-electron chi connectivity index (χ0n) is 11.6. The second kappa shape index (κ2) is 5.80. The van der Waals surface area contributed by atoms with Gasteiger partial charge in [0, 0.05) is 21.2 Å². The third kappa shape index (κ3) is 3.03. The molecule has 0 aromatic carbocycles. The largest absolute Gasteiger partial charge is 0.326 e. The van der Waals surface area contributed by atoms with Crippen LogP contribution in [0, 0.1) is 13.8 Å². The van der Waals surface area contributed by atoms with E-state index in [-0.39, 0.29) is 4.90 Å². The minimum absolute atomic E-state index is 0.286. The lowest BCUT2D eigenvalue weighted by atomic mass is 10.3. The number of nitrogens with zero attached hydrogens (tertiary/aromatic N) is 1. The number of aryl methyl sites for hydroxylation is 3. The number of anilines is 1. The zero-order valence-corrected chi connectivity index (χ0v) is 14.0. The molecule has 0 aliphatic heterocycles. The van der Waals surface area contributed by atoms with E-state index in [1.165, 1.54) is 22.7 Å². The maximum Gasteiger partial charge on any atom is 0.264 e. The Labute approximate surface area is 126 Å². The quantitative estimate of drug-likeness (QED) is 0.882. The molecule has 0 aliphatic rings. The second-order valence-corrected chi connectivity index (χ2v) is 8.51. The summed E-state index contributed by atoms with van der Waals surface area (Å²) in [5, 5.41) is 0.416. The van der Waals surface area contributed by atoms with Gasteiger partial charge in [-0.2, -0.15) is 0 Å². The summed E-state index contributed by atoms with van der Waals surface area (Å²) in [5.74, 6) is 0. The highest BCUT2D eigenvalue weighted by atomic mass is 32.2. The van der Waals surface area contributed by atoms with Crippen molar-refractivity contribution >= 4 is 37.8 Å². The molecular weight excluding hydrogens is 314 g/mol. The average Bonchev–Trinajstić information content (AvgIpc) is 2.92. The highest BCUT2D eigenvalue weighted by Gasteiger charge is 2.21. The first-order chi connectivity index (χ1) is 9.37. The van der Waals surface area contributed by atoms with E-state index in [9.17, 15) is 8.42 Å². The number of nitrogens with two attached hydrogens (primary N) is 1.